The lowest BCUT2D eigenvalue weighted by molar-refractivity contribution is 0.0606. The highest BCUT2D eigenvalue weighted by atomic mass is 79.9. The smallest absolute Gasteiger partial charge is 0.287 e. The van der Waals surface area contributed by atoms with Crippen LogP contribution in [0.4, 0.5) is 0 Å². The highest BCUT2D eigenvalue weighted by Crippen LogP contribution is 2.30. The standard InChI is InChI=1S/C18H19BrN2O2/c19-14-4-2-1-3-13(14)16-5-6-17(23-16)18(22)20-15-11-21-9-7-12(15)8-10-21/h1-6,12,15H,7-11H2,(H,20,22)/t15-/m0/s1. The lowest BCUT2D eigenvalue weighted by Crippen LogP contribution is -2.57. The van der Waals surface area contributed by atoms with Gasteiger partial charge in [-0.05, 0) is 50.0 Å². The number of rotatable bonds is 3. The Hall–Kier alpha value is -1.59. The monoisotopic (exact) mass is 374 g/mol. The maximum atomic E-state index is 12.5. The molecule has 4 heterocycles. The first-order chi connectivity index (χ1) is 11.2. The van der Waals surface area contributed by atoms with Crippen LogP contribution in [0.5, 0.6) is 0 Å². The zero-order valence-corrected chi connectivity index (χ0v) is 14.4. The van der Waals surface area contributed by atoms with Gasteiger partial charge < -0.3 is 14.6 Å². The van der Waals surface area contributed by atoms with Gasteiger partial charge in [0.15, 0.2) is 5.76 Å². The fraction of sp³-hybridized carbons (Fsp3) is 0.389. The summed E-state index contributed by atoms with van der Waals surface area (Å²) in [5.41, 5.74) is 0.953. The summed E-state index contributed by atoms with van der Waals surface area (Å²) >= 11 is 3.51. The van der Waals surface area contributed by atoms with Gasteiger partial charge in [-0.1, -0.05) is 34.1 Å². The van der Waals surface area contributed by atoms with Crippen LogP contribution in [0.3, 0.4) is 0 Å². The molecule has 23 heavy (non-hydrogen) atoms. The summed E-state index contributed by atoms with van der Waals surface area (Å²) in [5, 5.41) is 3.16. The molecule has 4 nitrogen and oxygen atoms in total. The van der Waals surface area contributed by atoms with Crippen molar-refractivity contribution in [3.63, 3.8) is 0 Å². The van der Waals surface area contributed by atoms with Crippen LogP contribution in [-0.2, 0) is 0 Å². The summed E-state index contributed by atoms with van der Waals surface area (Å²) in [6, 6.07) is 11.7. The highest BCUT2D eigenvalue weighted by molar-refractivity contribution is 9.10. The van der Waals surface area contributed by atoms with Gasteiger partial charge in [0, 0.05) is 22.6 Å². The van der Waals surface area contributed by atoms with Crippen molar-refractivity contribution in [1.29, 1.82) is 0 Å². The molecule has 3 fully saturated rings. The summed E-state index contributed by atoms with van der Waals surface area (Å²) in [6.07, 6.45) is 2.37. The van der Waals surface area contributed by atoms with Gasteiger partial charge >= 0.3 is 0 Å². The number of amides is 1. The number of hydrogen-bond donors (Lipinski definition) is 1. The number of furan rings is 1. The second-order valence-corrected chi connectivity index (χ2v) is 7.22. The fourth-order valence-electron chi connectivity index (χ4n) is 3.63. The van der Waals surface area contributed by atoms with E-state index in [0.29, 0.717) is 17.4 Å². The van der Waals surface area contributed by atoms with E-state index in [1.807, 2.05) is 30.3 Å². The molecule has 1 amide bonds. The van der Waals surface area contributed by atoms with Crippen LogP contribution in [0, 0.1) is 5.92 Å². The summed E-state index contributed by atoms with van der Waals surface area (Å²) in [7, 11) is 0. The van der Waals surface area contributed by atoms with Crippen LogP contribution >= 0.6 is 15.9 Å². The van der Waals surface area contributed by atoms with Crippen molar-refractivity contribution < 1.29 is 9.21 Å². The molecule has 0 aliphatic carbocycles. The summed E-state index contributed by atoms with van der Waals surface area (Å²) in [6.45, 7) is 3.31. The first kappa shape index (κ1) is 15.0. The molecule has 2 aromatic rings. The van der Waals surface area contributed by atoms with Gasteiger partial charge in [0.1, 0.15) is 5.76 Å². The molecule has 1 N–H and O–H groups in total. The normalized spacial score (nSPS) is 26.2. The van der Waals surface area contributed by atoms with E-state index in [9.17, 15) is 4.79 Å². The van der Waals surface area contributed by atoms with E-state index >= 15 is 0 Å². The molecule has 3 saturated heterocycles. The molecule has 0 spiro atoms. The van der Waals surface area contributed by atoms with Crippen LogP contribution in [0.2, 0.25) is 0 Å². The molecule has 2 bridgehead atoms. The van der Waals surface area contributed by atoms with Gasteiger partial charge in [-0.25, -0.2) is 0 Å². The second kappa shape index (κ2) is 6.13. The SMILES string of the molecule is O=C(N[C@H]1CN2CCC1CC2)c1ccc(-c2ccccc2Br)o1. The minimum absolute atomic E-state index is 0.109. The number of carbonyl (C=O) groups excluding carboxylic acids is 1. The number of nitrogens with one attached hydrogen (secondary N) is 1. The van der Waals surface area contributed by atoms with E-state index in [2.05, 4.69) is 26.1 Å². The lowest BCUT2D eigenvalue weighted by atomic mass is 9.84. The lowest BCUT2D eigenvalue weighted by Gasteiger charge is -2.44. The molecular weight excluding hydrogens is 356 g/mol. The summed E-state index contributed by atoms with van der Waals surface area (Å²) in [5.74, 6) is 1.59. The number of halogens is 1. The van der Waals surface area contributed by atoms with E-state index in [0.717, 1.165) is 16.6 Å². The third kappa shape index (κ3) is 2.95. The number of piperidine rings is 3. The molecule has 3 aliphatic heterocycles. The van der Waals surface area contributed by atoms with Crippen LogP contribution in [0.25, 0.3) is 11.3 Å². The largest absolute Gasteiger partial charge is 0.451 e. The molecule has 1 aromatic heterocycles. The minimum Gasteiger partial charge on any atom is -0.451 e. The predicted octanol–water partition coefficient (Wildman–Crippen LogP) is 3.53. The molecular formula is C18H19BrN2O2. The Morgan fingerprint density at radius 2 is 1.96 bits per heavy atom. The van der Waals surface area contributed by atoms with Gasteiger partial charge in [-0.3, -0.25) is 4.79 Å². The third-order valence-corrected chi connectivity index (χ3v) is 5.63. The Bertz CT molecular complexity index is 719. The van der Waals surface area contributed by atoms with Crippen molar-refractivity contribution in [1.82, 2.24) is 10.2 Å². The summed E-state index contributed by atoms with van der Waals surface area (Å²) in [4.78, 5) is 14.9. The Morgan fingerprint density at radius 3 is 2.65 bits per heavy atom. The first-order valence-corrected chi connectivity index (χ1v) is 8.88. The zero-order chi connectivity index (χ0) is 15.8. The predicted molar refractivity (Wildman–Crippen MR) is 92.3 cm³/mol. The van der Waals surface area contributed by atoms with E-state index in [1.54, 1.807) is 6.07 Å². The van der Waals surface area contributed by atoms with E-state index in [1.165, 1.54) is 25.9 Å². The van der Waals surface area contributed by atoms with Crippen LogP contribution < -0.4 is 5.32 Å². The van der Waals surface area contributed by atoms with E-state index in [4.69, 9.17) is 4.42 Å². The van der Waals surface area contributed by atoms with Gasteiger partial charge in [-0.15, -0.1) is 0 Å². The Morgan fingerprint density at radius 1 is 1.17 bits per heavy atom. The Kier molecular flexibility index (Phi) is 3.99. The molecule has 120 valence electrons. The second-order valence-electron chi connectivity index (χ2n) is 6.36. The number of fused-ring (bicyclic) bond motifs is 3. The number of benzene rings is 1. The fourth-order valence-corrected chi connectivity index (χ4v) is 4.11. The summed E-state index contributed by atoms with van der Waals surface area (Å²) < 4.78 is 6.74. The Balaban J connectivity index is 1.48. The minimum atomic E-state index is -0.109. The molecule has 1 atom stereocenters. The molecule has 5 heteroatoms. The van der Waals surface area contributed by atoms with E-state index < -0.39 is 0 Å². The van der Waals surface area contributed by atoms with Crippen molar-refractivity contribution in [2.24, 2.45) is 5.92 Å². The average Bonchev–Trinajstić information content (AvgIpc) is 3.06. The van der Waals surface area contributed by atoms with Gasteiger partial charge in [-0.2, -0.15) is 0 Å². The van der Waals surface area contributed by atoms with Crippen molar-refractivity contribution in [2.45, 2.75) is 18.9 Å². The van der Waals surface area contributed by atoms with E-state index in [-0.39, 0.29) is 11.9 Å². The average molecular weight is 375 g/mol. The van der Waals surface area contributed by atoms with Crippen LogP contribution in [0.15, 0.2) is 45.3 Å². The maximum Gasteiger partial charge on any atom is 0.287 e. The first-order valence-electron chi connectivity index (χ1n) is 8.08. The Labute approximate surface area is 144 Å². The maximum absolute atomic E-state index is 12.5. The number of nitrogens with zero attached hydrogens (tertiary/aromatic N) is 1. The van der Waals surface area contributed by atoms with Gasteiger partial charge in [0.05, 0.1) is 0 Å². The number of carbonyl (C=O) groups is 1. The quantitative estimate of drug-likeness (QED) is 0.893. The molecule has 1 aromatic carbocycles. The third-order valence-electron chi connectivity index (χ3n) is 4.94. The number of hydrogen-bond acceptors (Lipinski definition) is 3. The molecule has 0 unspecified atom stereocenters. The van der Waals surface area contributed by atoms with Crippen LogP contribution in [-0.4, -0.2) is 36.5 Å². The highest BCUT2D eigenvalue weighted by Gasteiger charge is 2.35. The molecule has 0 radical (unpaired) electrons. The molecule has 3 aliphatic rings. The van der Waals surface area contributed by atoms with Crippen LogP contribution in [0.1, 0.15) is 23.4 Å². The van der Waals surface area contributed by atoms with Crippen molar-refractivity contribution in [3.05, 3.63) is 46.6 Å². The van der Waals surface area contributed by atoms with Gasteiger partial charge in [0.2, 0.25) is 0 Å². The molecule has 5 rings (SSSR count). The van der Waals surface area contributed by atoms with Gasteiger partial charge in [0.25, 0.3) is 5.91 Å². The van der Waals surface area contributed by atoms with Crippen molar-refractivity contribution in [3.8, 4) is 11.3 Å². The van der Waals surface area contributed by atoms with Crippen molar-refractivity contribution in [2.75, 3.05) is 19.6 Å². The van der Waals surface area contributed by atoms with Crippen molar-refractivity contribution >= 4 is 21.8 Å². The topological polar surface area (TPSA) is 45.5 Å². The molecule has 0 saturated carbocycles. The zero-order valence-electron chi connectivity index (χ0n) is 12.8.